The van der Waals surface area contributed by atoms with Gasteiger partial charge in [-0.05, 0) is 56.7 Å². The number of rotatable bonds is 7. The number of aromatic nitrogens is 2. The zero-order valence-corrected chi connectivity index (χ0v) is 16.8. The van der Waals surface area contributed by atoms with Crippen LogP contribution in [0.3, 0.4) is 0 Å². The van der Waals surface area contributed by atoms with E-state index in [2.05, 4.69) is 21.4 Å². The molecule has 7 heteroatoms. The number of hydrogen-bond acceptors (Lipinski definition) is 7. The van der Waals surface area contributed by atoms with Crippen molar-refractivity contribution in [1.29, 1.82) is 0 Å². The van der Waals surface area contributed by atoms with Gasteiger partial charge in [0.2, 0.25) is 0 Å². The van der Waals surface area contributed by atoms with Gasteiger partial charge in [-0.15, -0.1) is 0 Å². The quantitative estimate of drug-likeness (QED) is 0.575. The number of nitrogens with two attached hydrogens (primary N) is 1. The summed E-state index contributed by atoms with van der Waals surface area (Å²) in [7, 11) is 0. The van der Waals surface area contributed by atoms with Crippen LogP contribution in [0.1, 0.15) is 29.8 Å². The molecule has 1 aromatic heterocycles. The van der Waals surface area contributed by atoms with Gasteiger partial charge in [-0.2, -0.15) is 0 Å². The summed E-state index contributed by atoms with van der Waals surface area (Å²) in [5, 5.41) is 3.18. The number of carbonyl (C=O) groups is 1. The van der Waals surface area contributed by atoms with Crippen molar-refractivity contribution < 1.29 is 9.53 Å². The third-order valence-corrected chi connectivity index (χ3v) is 4.38. The number of ether oxygens (including phenoxy) is 1. The molecule has 0 bridgehead atoms. The van der Waals surface area contributed by atoms with Gasteiger partial charge in [0.25, 0.3) is 0 Å². The fourth-order valence-corrected chi connectivity index (χ4v) is 3.03. The van der Waals surface area contributed by atoms with Gasteiger partial charge in [0, 0.05) is 17.9 Å². The standard InChI is InChI=1S/C22H25N5O2/c1-4-27(18-11-6-8-15(3)12-18)21-19(23)20(24-14-25-21)26-17-10-7-9-16(13-17)22(28)29-5-2/h6-14H,4-5,23H2,1-3H3,(H,24,25,26). The molecule has 0 aliphatic carbocycles. The predicted octanol–water partition coefficient (Wildman–Crippen LogP) is 4.45. The van der Waals surface area contributed by atoms with E-state index < -0.39 is 0 Å². The first-order valence-corrected chi connectivity index (χ1v) is 9.52. The van der Waals surface area contributed by atoms with Crippen molar-refractivity contribution in [2.45, 2.75) is 20.8 Å². The number of esters is 1. The van der Waals surface area contributed by atoms with Crippen LogP contribution in [0.2, 0.25) is 0 Å². The van der Waals surface area contributed by atoms with E-state index in [4.69, 9.17) is 10.5 Å². The fraction of sp³-hybridized carbons (Fsp3) is 0.227. The fourth-order valence-electron chi connectivity index (χ4n) is 3.03. The van der Waals surface area contributed by atoms with Crippen LogP contribution in [0.25, 0.3) is 0 Å². The minimum atomic E-state index is -0.371. The average Bonchev–Trinajstić information content (AvgIpc) is 2.72. The van der Waals surface area contributed by atoms with Crippen LogP contribution in [0, 0.1) is 6.92 Å². The Morgan fingerprint density at radius 1 is 1.14 bits per heavy atom. The number of hydrogen-bond donors (Lipinski definition) is 2. The molecule has 29 heavy (non-hydrogen) atoms. The zero-order chi connectivity index (χ0) is 20.8. The molecule has 0 saturated heterocycles. The molecule has 2 aromatic carbocycles. The number of benzene rings is 2. The van der Waals surface area contributed by atoms with Gasteiger partial charge in [-0.3, -0.25) is 0 Å². The lowest BCUT2D eigenvalue weighted by molar-refractivity contribution is 0.0526. The highest BCUT2D eigenvalue weighted by Gasteiger charge is 2.16. The Morgan fingerprint density at radius 3 is 2.66 bits per heavy atom. The van der Waals surface area contributed by atoms with Crippen molar-refractivity contribution in [2.75, 3.05) is 29.1 Å². The van der Waals surface area contributed by atoms with E-state index in [0.29, 0.717) is 41.7 Å². The monoisotopic (exact) mass is 391 g/mol. The van der Waals surface area contributed by atoms with Gasteiger partial charge in [0.1, 0.15) is 12.0 Å². The minimum absolute atomic E-state index is 0.324. The first-order chi connectivity index (χ1) is 14.0. The highest BCUT2D eigenvalue weighted by atomic mass is 16.5. The number of nitrogens with one attached hydrogen (secondary N) is 1. The van der Waals surface area contributed by atoms with Gasteiger partial charge >= 0.3 is 5.97 Å². The normalized spacial score (nSPS) is 10.4. The Balaban J connectivity index is 1.91. The van der Waals surface area contributed by atoms with Crippen molar-refractivity contribution >= 4 is 34.7 Å². The van der Waals surface area contributed by atoms with Crippen molar-refractivity contribution in [3.63, 3.8) is 0 Å². The Labute approximate surface area is 170 Å². The minimum Gasteiger partial charge on any atom is -0.462 e. The molecule has 150 valence electrons. The van der Waals surface area contributed by atoms with Crippen LogP contribution >= 0.6 is 0 Å². The average molecular weight is 391 g/mol. The third kappa shape index (κ3) is 4.63. The summed E-state index contributed by atoms with van der Waals surface area (Å²) < 4.78 is 5.06. The molecule has 3 rings (SSSR count). The van der Waals surface area contributed by atoms with Crippen LogP contribution in [-0.2, 0) is 4.74 Å². The number of anilines is 5. The zero-order valence-electron chi connectivity index (χ0n) is 16.8. The molecule has 0 aliphatic rings. The molecule has 3 N–H and O–H groups in total. The van der Waals surface area contributed by atoms with Gasteiger partial charge in [-0.25, -0.2) is 14.8 Å². The van der Waals surface area contributed by atoms with Crippen LogP contribution < -0.4 is 16.0 Å². The topological polar surface area (TPSA) is 93.4 Å². The maximum Gasteiger partial charge on any atom is 0.338 e. The van der Waals surface area contributed by atoms with E-state index in [1.165, 1.54) is 6.33 Å². The van der Waals surface area contributed by atoms with Crippen molar-refractivity contribution in [3.05, 3.63) is 66.0 Å². The molecule has 0 saturated carbocycles. The summed E-state index contributed by atoms with van der Waals surface area (Å²) in [5.41, 5.74) is 10.1. The van der Waals surface area contributed by atoms with Crippen LogP contribution in [0.4, 0.5) is 28.7 Å². The largest absolute Gasteiger partial charge is 0.462 e. The summed E-state index contributed by atoms with van der Waals surface area (Å²) in [6.07, 6.45) is 1.47. The predicted molar refractivity (Wildman–Crippen MR) is 116 cm³/mol. The van der Waals surface area contributed by atoms with E-state index in [1.807, 2.05) is 43.0 Å². The molecule has 1 heterocycles. The summed E-state index contributed by atoms with van der Waals surface area (Å²) in [5.74, 6) is 0.725. The van der Waals surface area contributed by atoms with E-state index in [9.17, 15) is 4.79 Å². The second-order valence-corrected chi connectivity index (χ2v) is 6.47. The third-order valence-electron chi connectivity index (χ3n) is 4.38. The van der Waals surface area contributed by atoms with Crippen LogP contribution in [-0.4, -0.2) is 29.1 Å². The summed E-state index contributed by atoms with van der Waals surface area (Å²) in [4.78, 5) is 22.7. The molecule has 0 aliphatic heterocycles. The number of nitrogen functional groups attached to an aromatic ring is 1. The first-order valence-electron chi connectivity index (χ1n) is 9.52. The van der Waals surface area contributed by atoms with Gasteiger partial charge < -0.3 is 20.7 Å². The van der Waals surface area contributed by atoms with Crippen molar-refractivity contribution in [3.8, 4) is 0 Å². The van der Waals surface area contributed by atoms with E-state index in [0.717, 1.165) is 11.3 Å². The Morgan fingerprint density at radius 2 is 1.93 bits per heavy atom. The number of carbonyl (C=O) groups excluding carboxylic acids is 1. The smallest absolute Gasteiger partial charge is 0.338 e. The summed E-state index contributed by atoms with van der Waals surface area (Å²) in [6.45, 7) is 6.88. The lowest BCUT2D eigenvalue weighted by Gasteiger charge is -2.24. The van der Waals surface area contributed by atoms with Crippen molar-refractivity contribution in [2.24, 2.45) is 0 Å². The second-order valence-electron chi connectivity index (χ2n) is 6.47. The molecule has 0 radical (unpaired) electrons. The SMILES string of the molecule is CCOC(=O)c1cccc(Nc2ncnc(N(CC)c3cccc(C)c3)c2N)c1. The maximum atomic E-state index is 12.0. The molecular formula is C22H25N5O2. The van der Waals surface area contributed by atoms with Gasteiger partial charge in [0.05, 0.1) is 12.2 Å². The molecular weight excluding hydrogens is 366 g/mol. The second kappa shape index (κ2) is 9.05. The molecule has 0 amide bonds. The molecule has 0 fully saturated rings. The highest BCUT2D eigenvalue weighted by molar-refractivity contribution is 5.91. The lowest BCUT2D eigenvalue weighted by atomic mass is 10.2. The van der Waals surface area contributed by atoms with Crippen molar-refractivity contribution in [1.82, 2.24) is 9.97 Å². The van der Waals surface area contributed by atoms with E-state index in [-0.39, 0.29) is 5.97 Å². The maximum absolute atomic E-state index is 12.0. The van der Waals surface area contributed by atoms with Crippen LogP contribution in [0.5, 0.6) is 0 Å². The molecule has 7 nitrogen and oxygen atoms in total. The summed E-state index contributed by atoms with van der Waals surface area (Å²) in [6, 6.07) is 15.2. The lowest BCUT2D eigenvalue weighted by Crippen LogP contribution is -2.20. The van der Waals surface area contributed by atoms with Gasteiger partial charge in [0.15, 0.2) is 11.6 Å². The molecule has 0 spiro atoms. The van der Waals surface area contributed by atoms with E-state index >= 15 is 0 Å². The molecule has 3 aromatic rings. The van der Waals surface area contributed by atoms with Crippen LogP contribution in [0.15, 0.2) is 54.9 Å². The van der Waals surface area contributed by atoms with Gasteiger partial charge in [-0.1, -0.05) is 18.2 Å². The highest BCUT2D eigenvalue weighted by Crippen LogP contribution is 2.33. The molecule has 0 unspecified atom stereocenters. The Bertz CT molecular complexity index is 1010. The number of nitrogens with zero attached hydrogens (tertiary/aromatic N) is 3. The van der Waals surface area contributed by atoms with E-state index in [1.54, 1.807) is 25.1 Å². The Hall–Kier alpha value is -3.61. The summed E-state index contributed by atoms with van der Waals surface area (Å²) >= 11 is 0. The Kier molecular flexibility index (Phi) is 6.29. The molecule has 0 atom stereocenters. The number of aryl methyl sites for hydroxylation is 1. The first kappa shape index (κ1) is 20.1.